The van der Waals surface area contributed by atoms with Crippen LogP contribution in [-0.2, 0) is 9.59 Å². The minimum atomic E-state index is -0.812. The van der Waals surface area contributed by atoms with Gasteiger partial charge >= 0.3 is 0 Å². The summed E-state index contributed by atoms with van der Waals surface area (Å²) in [4.78, 5) is 35.5. The number of benzene rings is 2. The lowest BCUT2D eigenvalue weighted by Gasteiger charge is -2.19. The minimum Gasteiger partial charge on any atom is -0.484 e. The second-order valence-corrected chi connectivity index (χ2v) is 9.12. The SMILES string of the molecule is Cc1cc([N+](=O)[O-])ccc1-c1ccc(/C=N\NC(=O)[C@H](CC(C)C)NC(=O)COc2ccc(Cl)cc2)o1. The van der Waals surface area contributed by atoms with Crippen molar-refractivity contribution in [1.82, 2.24) is 10.7 Å². The molecule has 37 heavy (non-hydrogen) atoms. The molecule has 194 valence electrons. The third-order valence-electron chi connectivity index (χ3n) is 5.22. The Morgan fingerprint density at radius 2 is 1.89 bits per heavy atom. The molecular formula is C26H27ClN4O6. The van der Waals surface area contributed by atoms with Crippen LogP contribution in [0.1, 0.15) is 31.6 Å². The molecule has 2 aromatic carbocycles. The van der Waals surface area contributed by atoms with E-state index in [2.05, 4.69) is 15.8 Å². The summed E-state index contributed by atoms with van der Waals surface area (Å²) >= 11 is 5.84. The standard InChI is InChI=1S/C26H27ClN4O6/c1-16(2)12-23(29-25(32)15-36-20-7-4-18(27)5-8-20)26(33)30-28-14-21-9-11-24(37-21)22-10-6-19(31(34)35)13-17(22)3/h4-11,13-14,16,23H,12,15H2,1-3H3,(H,29,32)(H,30,33)/b28-14-/t23-/m0/s1. The van der Waals surface area contributed by atoms with Crippen molar-refractivity contribution in [2.45, 2.75) is 33.2 Å². The van der Waals surface area contributed by atoms with E-state index in [1.807, 2.05) is 13.8 Å². The van der Waals surface area contributed by atoms with Crippen molar-refractivity contribution in [3.63, 3.8) is 0 Å². The first-order chi connectivity index (χ1) is 17.6. The smallest absolute Gasteiger partial charge is 0.269 e. The largest absolute Gasteiger partial charge is 0.484 e. The first-order valence-electron chi connectivity index (χ1n) is 11.5. The molecule has 2 N–H and O–H groups in total. The summed E-state index contributed by atoms with van der Waals surface area (Å²) in [5.41, 5.74) is 3.82. The van der Waals surface area contributed by atoms with Crippen LogP contribution in [0.15, 0.2) is 64.1 Å². The summed E-state index contributed by atoms with van der Waals surface area (Å²) in [7, 11) is 0. The van der Waals surface area contributed by atoms with Gasteiger partial charge in [-0.3, -0.25) is 19.7 Å². The number of hydrazone groups is 1. The van der Waals surface area contributed by atoms with Crippen LogP contribution >= 0.6 is 11.6 Å². The van der Waals surface area contributed by atoms with E-state index >= 15 is 0 Å². The Balaban J connectivity index is 1.58. The number of nitrogens with zero attached hydrogens (tertiary/aromatic N) is 2. The second kappa shape index (κ2) is 12.7. The predicted octanol–water partition coefficient (Wildman–Crippen LogP) is 4.88. The number of nitro benzene ring substituents is 1. The van der Waals surface area contributed by atoms with Gasteiger partial charge in [0, 0.05) is 22.7 Å². The maximum absolute atomic E-state index is 12.7. The zero-order valence-electron chi connectivity index (χ0n) is 20.6. The molecule has 0 aliphatic rings. The number of furan rings is 1. The Morgan fingerprint density at radius 3 is 2.54 bits per heavy atom. The highest BCUT2D eigenvalue weighted by Gasteiger charge is 2.22. The van der Waals surface area contributed by atoms with Gasteiger partial charge in [-0.05, 0) is 67.3 Å². The zero-order valence-corrected chi connectivity index (χ0v) is 21.3. The van der Waals surface area contributed by atoms with Crippen molar-refractivity contribution in [2.75, 3.05) is 6.61 Å². The lowest BCUT2D eigenvalue weighted by atomic mass is 10.0. The number of nitro groups is 1. The van der Waals surface area contributed by atoms with Crippen molar-refractivity contribution < 1.29 is 23.7 Å². The van der Waals surface area contributed by atoms with Crippen molar-refractivity contribution in [3.05, 3.63) is 81.1 Å². The predicted molar refractivity (Wildman–Crippen MR) is 140 cm³/mol. The molecule has 11 heteroatoms. The third-order valence-corrected chi connectivity index (χ3v) is 5.47. The highest BCUT2D eigenvalue weighted by molar-refractivity contribution is 6.30. The number of hydrogen-bond donors (Lipinski definition) is 2. The maximum atomic E-state index is 12.7. The molecule has 0 fully saturated rings. The minimum absolute atomic E-state index is 0.00288. The monoisotopic (exact) mass is 526 g/mol. The van der Waals surface area contributed by atoms with Crippen LogP contribution in [0.3, 0.4) is 0 Å². The molecule has 0 bridgehead atoms. The number of non-ortho nitro benzene ring substituents is 1. The Hall–Kier alpha value is -4.18. The number of halogens is 1. The lowest BCUT2D eigenvalue weighted by Crippen LogP contribution is -2.47. The molecule has 3 aromatic rings. The fourth-order valence-corrected chi connectivity index (χ4v) is 3.59. The van der Waals surface area contributed by atoms with Gasteiger partial charge in [-0.1, -0.05) is 25.4 Å². The number of aryl methyl sites for hydroxylation is 1. The number of carbonyl (C=O) groups is 2. The van der Waals surface area contributed by atoms with Gasteiger partial charge in [0.2, 0.25) is 0 Å². The first-order valence-corrected chi connectivity index (χ1v) is 11.9. The lowest BCUT2D eigenvalue weighted by molar-refractivity contribution is -0.384. The molecule has 0 unspecified atom stereocenters. The average Bonchev–Trinajstić information content (AvgIpc) is 3.31. The quantitative estimate of drug-likeness (QED) is 0.208. The number of ether oxygens (including phenoxy) is 1. The van der Waals surface area contributed by atoms with Gasteiger partial charge in [0.1, 0.15) is 23.3 Å². The van der Waals surface area contributed by atoms with Crippen LogP contribution in [0.4, 0.5) is 5.69 Å². The number of rotatable bonds is 11. The number of nitrogens with one attached hydrogen (secondary N) is 2. The van der Waals surface area contributed by atoms with Gasteiger partial charge in [-0.15, -0.1) is 0 Å². The molecule has 0 spiro atoms. The van der Waals surface area contributed by atoms with Gasteiger partial charge in [0.05, 0.1) is 11.1 Å². The average molecular weight is 527 g/mol. The molecule has 0 saturated heterocycles. The molecular weight excluding hydrogens is 500 g/mol. The molecule has 2 amide bonds. The molecule has 1 heterocycles. The topological polar surface area (TPSA) is 136 Å². The van der Waals surface area contributed by atoms with Crippen molar-refractivity contribution in [3.8, 4) is 17.1 Å². The summed E-state index contributed by atoms with van der Waals surface area (Å²) < 4.78 is 11.2. The highest BCUT2D eigenvalue weighted by Crippen LogP contribution is 2.28. The summed E-state index contributed by atoms with van der Waals surface area (Å²) in [6.07, 6.45) is 1.73. The fraction of sp³-hybridized carbons (Fsp3) is 0.269. The molecule has 1 aromatic heterocycles. The van der Waals surface area contributed by atoms with Gasteiger partial charge in [0.25, 0.3) is 17.5 Å². The molecule has 0 aliphatic heterocycles. The number of hydrogen-bond acceptors (Lipinski definition) is 7. The Kier molecular flexibility index (Phi) is 9.39. The van der Waals surface area contributed by atoms with E-state index in [4.69, 9.17) is 20.8 Å². The van der Waals surface area contributed by atoms with Crippen LogP contribution in [0, 0.1) is 23.0 Å². The first kappa shape index (κ1) is 27.4. The fourth-order valence-electron chi connectivity index (χ4n) is 3.46. The molecule has 0 saturated carbocycles. The third kappa shape index (κ3) is 8.18. The van der Waals surface area contributed by atoms with E-state index in [-0.39, 0.29) is 18.2 Å². The van der Waals surface area contributed by atoms with Gasteiger partial charge in [0.15, 0.2) is 6.61 Å². The van der Waals surface area contributed by atoms with Crippen LogP contribution in [-0.4, -0.2) is 35.6 Å². The van der Waals surface area contributed by atoms with E-state index < -0.39 is 22.8 Å². The molecule has 10 nitrogen and oxygen atoms in total. The van der Waals surface area contributed by atoms with Crippen molar-refractivity contribution in [1.29, 1.82) is 0 Å². The second-order valence-electron chi connectivity index (χ2n) is 8.68. The molecule has 1 atom stereocenters. The van der Waals surface area contributed by atoms with E-state index in [0.717, 1.165) is 0 Å². The van der Waals surface area contributed by atoms with E-state index in [1.54, 1.807) is 49.4 Å². The number of carbonyl (C=O) groups excluding carboxylic acids is 2. The molecule has 3 rings (SSSR count). The van der Waals surface area contributed by atoms with Crippen molar-refractivity contribution >= 4 is 35.3 Å². The highest BCUT2D eigenvalue weighted by atomic mass is 35.5. The van der Waals surface area contributed by atoms with Gasteiger partial charge in [-0.25, -0.2) is 5.43 Å². The van der Waals surface area contributed by atoms with Crippen LogP contribution in [0.2, 0.25) is 5.02 Å². The van der Waals surface area contributed by atoms with Gasteiger partial charge in [-0.2, -0.15) is 5.10 Å². The Labute approximate surface area is 218 Å². The maximum Gasteiger partial charge on any atom is 0.269 e. The summed E-state index contributed by atoms with van der Waals surface area (Å²) in [5.74, 6) is 0.557. The summed E-state index contributed by atoms with van der Waals surface area (Å²) in [6, 6.07) is 13.6. The van der Waals surface area contributed by atoms with Crippen LogP contribution in [0.25, 0.3) is 11.3 Å². The van der Waals surface area contributed by atoms with Crippen LogP contribution in [0.5, 0.6) is 5.75 Å². The zero-order chi connectivity index (χ0) is 26.9. The molecule has 0 aliphatic carbocycles. The van der Waals surface area contributed by atoms with Crippen molar-refractivity contribution in [2.24, 2.45) is 11.0 Å². The van der Waals surface area contributed by atoms with E-state index in [0.29, 0.717) is 39.8 Å². The normalized spacial score (nSPS) is 11.9. The van der Waals surface area contributed by atoms with Gasteiger partial charge < -0.3 is 14.5 Å². The van der Waals surface area contributed by atoms with E-state index in [9.17, 15) is 19.7 Å². The Bertz CT molecular complexity index is 1290. The Morgan fingerprint density at radius 1 is 1.16 bits per heavy atom. The molecule has 0 radical (unpaired) electrons. The summed E-state index contributed by atoms with van der Waals surface area (Å²) in [5, 5.41) is 18.1. The number of amides is 2. The summed E-state index contributed by atoms with van der Waals surface area (Å²) in [6.45, 7) is 5.36. The van der Waals surface area contributed by atoms with E-state index in [1.165, 1.54) is 18.3 Å². The van der Waals surface area contributed by atoms with Crippen LogP contribution < -0.4 is 15.5 Å².